The van der Waals surface area contributed by atoms with Crippen LogP contribution in [0, 0.1) is 12.7 Å². The second-order valence-electron chi connectivity index (χ2n) is 6.25. The summed E-state index contributed by atoms with van der Waals surface area (Å²) >= 11 is 0. The third-order valence-electron chi connectivity index (χ3n) is 4.80. The molecule has 2 unspecified atom stereocenters. The molecule has 0 spiro atoms. The highest BCUT2D eigenvalue weighted by atomic mass is 35.5. The molecule has 3 rings (SSSR count). The van der Waals surface area contributed by atoms with Crippen molar-refractivity contribution in [3.8, 4) is 0 Å². The second-order valence-corrected chi connectivity index (χ2v) is 6.25. The Hall–Kier alpha value is -0.640. The van der Waals surface area contributed by atoms with Crippen LogP contribution in [0.15, 0.2) is 18.2 Å². The van der Waals surface area contributed by atoms with Gasteiger partial charge in [0, 0.05) is 24.7 Å². The molecule has 2 aliphatic heterocycles. The minimum Gasteiger partial charge on any atom is -0.311 e. The first-order valence-electron chi connectivity index (χ1n) is 7.33. The Bertz CT molecular complexity index is 454. The molecular formula is C16H24ClFN2. The van der Waals surface area contributed by atoms with Crippen molar-refractivity contribution < 1.29 is 4.39 Å². The predicted octanol–water partition coefficient (Wildman–Crippen LogP) is 3.27. The average molecular weight is 299 g/mol. The minimum absolute atomic E-state index is 0. The van der Waals surface area contributed by atoms with Gasteiger partial charge in [-0.25, -0.2) is 4.39 Å². The van der Waals surface area contributed by atoms with Crippen molar-refractivity contribution in [3.63, 3.8) is 0 Å². The fraction of sp³-hybridized carbons (Fsp3) is 0.625. The first kappa shape index (κ1) is 15.7. The van der Waals surface area contributed by atoms with Gasteiger partial charge in [-0.05, 0) is 62.9 Å². The minimum atomic E-state index is -0.135. The summed E-state index contributed by atoms with van der Waals surface area (Å²) < 4.78 is 13.1. The molecule has 2 atom stereocenters. The summed E-state index contributed by atoms with van der Waals surface area (Å²) in [6, 6.07) is 7.25. The van der Waals surface area contributed by atoms with Crippen LogP contribution in [-0.4, -0.2) is 30.1 Å². The normalized spacial score (nSPS) is 28.5. The highest BCUT2D eigenvalue weighted by Crippen LogP contribution is 2.30. The molecule has 20 heavy (non-hydrogen) atoms. The molecular weight excluding hydrogens is 275 g/mol. The fourth-order valence-electron chi connectivity index (χ4n) is 3.62. The molecule has 2 bridgehead atoms. The summed E-state index contributed by atoms with van der Waals surface area (Å²) in [6.45, 7) is 2.93. The van der Waals surface area contributed by atoms with Crippen LogP contribution in [0.3, 0.4) is 0 Å². The van der Waals surface area contributed by atoms with Crippen LogP contribution in [0.2, 0.25) is 0 Å². The second kappa shape index (κ2) is 6.42. The van der Waals surface area contributed by atoms with Gasteiger partial charge in [-0.15, -0.1) is 12.4 Å². The van der Waals surface area contributed by atoms with E-state index in [9.17, 15) is 4.39 Å². The molecule has 0 saturated carbocycles. The summed E-state index contributed by atoms with van der Waals surface area (Å²) in [6.07, 6.45) is 5.19. The van der Waals surface area contributed by atoms with E-state index < -0.39 is 0 Å². The van der Waals surface area contributed by atoms with E-state index in [0.29, 0.717) is 6.04 Å². The van der Waals surface area contributed by atoms with Crippen LogP contribution in [0.5, 0.6) is 0 Å². The Labute approximate surface area is 127 Å². The molecule has 112 valence electrons. The van der Waals surface area contributed by atoms with E-state index in [1.807, 2.05) is 13.0 Å². The number of nitrogens with zero attached hydrogens (tertiary/aromatic N) is 1. The molecule has 2 heterocycles. The fourth-order valence-corrected chi connectivity index (χ4v) is 3.62. The summed E-state index contributed by atoms with van der Waals surface area (Å²) in [7, 11) is 2.21. The zero-order chi connectivity index (χ0) is 13.4. The molecule has 4 heteroatoms. The van der Waals surface area contributed by atoms with Crippen LogP contribution in [0.1, 0.15) is 36.8 Å². The first-order chi connectivity index (χ1) is 9.11. The van der Waals surface area contributed by atoms with E-state index in [2.05, 4.69) is 17.3 Å². The van der Waals surface area contributed by atoms with Crippen LogP contribution in [-0.2, 0) is 6.54 Å². The third-order valence-corrected chi connectivity index (χ3v) is 4.80. The third kappa shape index (κ3) is 3.33. The molecule has 2 fully saturated rings. The number of nitrogens with one attached hydrogen (secondary N) is 1. The molecule has 0 aliphatic carbocycles. The molecule has 2 aliphatic rings. The molecule has 1 aromatic rings. The first-order valence-corrected chi connectivity index (χ1v) is 7.33. The number of halogens is 2. The molecule has 1 N–H and O–H groups in total. The van der Waals surface area contributed by atoms with Crippen molar-refractivity contribution >= 4 is 12.4 Å². The maximum absolute atomic E-state index is 13.1. The van der Waals surface area contributed by atoms with Crippen molar-refractivity contribution in [2.75, 3.05) is 7.05 Å². The van der Waals surface area contributed by atoms with Gasteiger partial charge < -0.3 is 5.32 Å². The van der Waals surface area contributed by atoms with Crippen molar-refractivity contribution in [2.24, 2.45) is 0 Å². The van der Waals surface area contributed by atoms with Crippen LogP contribution in [0.25, 0.3) is 0 Å². The summed E-state index contributed by atoms with van der Waals surface area (Å²) in [5.74, 6) is -0.135. The van der Waals surface area contributed by atoms with Crippen molar-refractivity contribution in [2.45, 2.75) is 57.3 Å². The number of hydrogen-bond donors (Lipinski definition) is 1. The van der Waals surface area contributed by atoms with Crippen molar-refractivity contribution in [3.05, 3.63) is 35.1 Å². The average Bonchev–Trinajstić information content (AvgIpc) is 2.71. The largest absolute Gasteiger partial charge is 0.311 e. The molecule has 1 aromatic carbocycles. The van der Waals surface area contributed by atoms with Crippen molar-refractivity contribution in [1.29, 1.82) is 0 Å². The maximum atomic E-state index is 13.1. The van der Waals surface area contributed by atoms with Gasteiger partial charge in [-0.2, -0.15) is 0 Å². The quantitative estimate of drug-likeness (QED) is 0.921. The van der Waals surface area contributed by atoms with Gasteiger partial charge >= 0.3 is 0 Å². The zero-order valence-corrected chi connectivity index (χ0v) is 13.0. The lowest BCUT2D eigenvalue weighted by Crippen LogP contribution is -2.46. The summed E-state index contributed by atoms with van der Waals surface area (Å²) in [4.78, 5) is 2.45. The SMILES string of the molecule is Cc1cc(F)ccc1CN(C)C1CC2CCC(C1)N2.Cl. The number of piperidine rings is 1. The van der Waals surface area contributed by atoms with Gasteiger partial charge in [-0.3, -0.25) is 4.90 Å². The highest BCUT2D eigenvalue weighted by molar-refractivity contribution is 5.85. The topological polar surface area (TPSA) is 15.3 Å². The maximum Gasteiger partial charge on any atom is 0.123 e. The Morgan fingerprint density at radius 3 is 2.50 bits per heavy atom. The van der Waals surface area contributed by atoms with E-state index in [1.54, 1.807) is 12.1 Å². The number of hydrogen-bond acceptors (Lipinski definition) is 2. The Morgan fingerprint density at radius 2 is 1.90 bits per heavy atom. The van der Waals surface area contributed by atoms with Crippen LogP contribution in [0.4, 0.5) is 4.39 Å². The van der Waals surface area contributed by atoms with E-state index in [0.717, 1.165) is 24.2 Å². The predicted molar refractivity (Wildman–Crippen MR) is 82.8 cm³/mol. The Balaban J connectivity index is 0.00000147. The Morgan fingerprint density at radius 1 is 1.25 bits per heavy atom. The summed E-state index contributed by atoms with van der Waals surface area (Å²) in [5.41, 5.74) is 2.30. The van der Waals surface area contributed by atoms with Gasteiger partial charge in [0.2, 0.25) is 0 Å². The van der Waals surface area contributed by atoms with Crippen molar-refractivity contribution in [1.82, 2.24) is 10.2 Å². The van der Waals surface area contributed by atoms with E-state index in [1.165, 1.54) is 31.2 Å². The van der Waals surface area contributed by atoms with E-state index in [-0.39, 0.29) is 18.2 Å². The lowest BCUT2D eigenvalue weighted by atomic mass is 9.97. The standard InChI is InChI=1S/C16H23FN2.ClH/c1-11-7-13(17)4-3-12(11)10-19(2)16-8-14-5-6-15(9-16)18-14;/h3-4,7,14-16,18H,5-6,8-10H2,1-2H3;1H. The number of aryl methyl sites for hydroxylation is 1. The van der Waals surface area contributed by atoms with Crippen LogP contribution >= 0.6 is 12.4 Å². The van der Waals surface area contributed by atoms with Gasteiger partial charge in [-0.1, -0.05) is 6.07 Å². The van der Waals surface area contributed by atoms with E-state index >= 15 is 0 Å². The lowest BCUT2D eigenvalue weighted by Gasteiger charge is -2.35. The van der Waals surface area contributed by atoms with Gasteiger partial charge in [0.25, 0.3) is 0 Å². The monoisotopic (exact) mass is 298 g/mol. The molecule has 0 amide bonds. The van der Waals surface area contributed by atoms with Gasteiger partial charge in [0.05, 0.1) is 0 Å². The smallest absolute Gasteiger partial charge is 0.123 e. The number of fused-ring (bicyclic) bond motifs is 2. The van der Waals surface area contributed by atoms with Gasteiger partial charge in [0.1, 0.15) is 5.82 Å². The summed E-state index contributed by atoms with van der Waals surface area (Å²) in [5, 5.41) is 3.68. The number of benzene rings is 1. The van der Waals surface area contributed by atoms with Crippen LogP contribution < -0.4 is 5.32 Å². The van der Waals surface area contributed by atoms with Gasteiger partial charge in [0.15, 0.2) is 0 Å². The highest BCUT2D eigenvalue weighted by Gasteiger charge is 2.34. The molecule has 0 aromatic heterocycles. The zero-order valence-electron chi connectivity index (χ0n) is 12.2. The molecule has 2 nitrogen and oxygen atoms in total. The number of rotatable bonds is 3. The lowest BCUT2D eigenvalue weighted by molar-refractivity contribution is 0.165. The molecule has 0 radical (unpaired) electrons. The Kier molecular flexibility index (Phi) is 5.05. The van der Waals surface area contributed by atoms with E-state index in [4.69, 9.17) is 0 Å². The molecule has 2 saturated heterocycles.